The van der Waals surface area contributed by atoms with E-state index in [9.17, 15) is 9.59 Å². The number of nitrogens with zero attached hydrogens (tertiary/aromatic N) is 1. The quantitative estimate of drug-likeness (QED) is 0.602. The minimum absolute atomic E-state index is 0.126. The number of hydrogen-bond donors (Lipinski definition) is 4. The Morgan fingerprint density at radius 2 is 2.20 bits per heavy atom. The Labute approximate surface area is 143 Å². The van der Waals surface area contributed by atoms with Crippen LogP contribution in [0, 0.1) is 0 Å². The van der Waals surface area contributed by atoms with Crippen LogP contribution in [0.5, 0.6) is 0 Å². The molecule has 2 aromatic rings. The molecule has 0 saturated heterocycles. The van der Waals surface area contributed by atoms with E-state index in [4.69, 9.17) is 15.6 Å². The maximum Gasteiger partial charge on any atom is 0.320 e. The molecule has 25 heavy (non-hydrogen) atoms. The average Bonchev–Trinajstić information content (AvgIpc) is 3.10. The van der Waals surface area contributed by atoms with Crippen molar-refractivity contribution in [2.45, 2.75) is 19.4 Å². The highest BCUT2D eigenvalue weighted by Crippen LogP contribution is 2.26. The van der Waals surface area contributed by atoms with Crippen LogP contribution in [-0.4, -0.2) is 40.5 Å². The summed E-state index contributed by atoms with van der Waals surface area (Å²) in [5.41, 5.74) is 10.5. The van der Waals surface area contributed by atoms with Crippen LogP contribution in [0.15, 0.2) is 34.9 Å². The smallest absolute Gasteiger partial charge is 0.320 e. The number of benzene rings is 1. The van der Waals surface area contributed by atoms with Gasteiger partial charge < -0.3 is 20.6 Å². The number of amides is 1. The van der Waals surface area contributed by atoms with Crippen LogP contribution >= 0.6 is 0 Å². The largest absolute Gasteiger partial charge is 0.480 e. The molecule has 1 aromatic heterocycles. The average molecular weight is 342 g/mol. The number of aliphatic carboxylic acids is 1. The van der Waals surface area contributed by atoms with Gasteiger partial charge in [0.05, 0.1) is 6.61 Å². The lowest BCUT2D eigenvalue weighted by Crippen LogP contribution is -2.32. The summed E-state index contributed by atoms with van der Waals surface area (Å²) in [6.07, 6.45) is 1.74. The Morgan fingerprint density at radius 1 is 1.44 bits per heavy atom. The van der Waals surface area contributed by atoms with Gasteiger partial charge in [0.1, 0.15) is 11.6 Å². The number of nitrogens with two attached hydrogens (primary N) is 1. The van der Waals surface area contributed by atoms with E-state index in [0.29, 0.717) is 12.3 Å². The maximum atomic E-state index is 12.0. The Hall–Kier alpha value is -3.13. The number of aromatic nitrogens is 1. The lowest BCUT2D eigenvalue weighted by molar-refractivity contribution is -0.138. The van der Waals surface area contributed by atoms with E-state index in [-0.39, 0.29) is 23.8 Å². The molecule has 0 aliphatic carbocycles. The first-order valence-electron chi connectivity index (χ1n) is 7.82. The Kier molecular flexibility index (Phi) is 4.53. The Bertz CT molecular complexity index is 897. The summed E-state index contributed by atoms with van der Waals surface area (Å²) in [5.74, 6) is -1.26. The summed E-state index contributed by atoms with van der Waals surface area (Å²) >= 11 is 0. The summed E-state index contributed by atoms with van der Waals surface area (Å²) in [7, 11) is 0. The van der Waals surface area contributed by atoms with Crippen LogP contribution in [-0.2, 0) is 20.7 Å². The molecule has 0 saturated carbocycles. The fraction of sp³-hybridized carbons (Fsp3) is 0.235. The third kappa shape index (κ3) is 3.24. The van der Waals surface area contributed by atoms with Crippen molar-refractivity contribution < 1.29 is 19.4 Å². The molecule has 1 atom stereocenters. The van der Waals surface area contributed by atoms with E-state index in [2.05, 4.69) is 15.5 Å². The molecular formula is C17H18N4O4. The van der Waals surface area contributed by atoms with E-state index >= 15 is 0 Å². The number of ether oxygens (including phenoxy) is 1. The highest BCUT2D eigenvalue weighted by atomic mass is 16.5. The SMILES string of the molecule is CCOC1=NNC(=O)/C1=C\c1[nH]c2ccccc2c1CC(N)C(=O)O. The van der Waals surface area contributed by atoms with Gasteiger partial charge in [-0.05, 0) is 24.6 Å². The molecule has 1 amide bonds. The number of nitrogens with one attached hydrogen (secondary N) is 2. The van der Waals surface area contributed by atoms with Crippen molar-refractivity contribution in [2.24, 2.45) is 10.8 Å². The number of rotatable bonds is 5. The number of hydrazone groups is 1. The normalized spacial score (nSPS) is 16.8. The van der Waals surface area contributed by atoms with Gasteiger partial charge in [0.15, 0.2) is 0 Å². The number of aromatic amines is 1. The number of carboxylic acids is 1. The second kappa shape index (κ2) is 6.78. The van der Waals surface area contributed by atoms with Crippen LogP contribution in [0.4, 0.5) is 0 Å². The van der Waals surface area contributed by atoms with Gasteiger partial charge in [-0.3, -0.25) is 9.59 Å². The summed E-state index contributed by atoms with van der Waals surface area (Å²) in [6.45, 7) is 2.16. The number of carboxylic acid groups (broad SMARTS) is 1. The van der Waals surface area contributed by atoms with E-state index in [1.165, 1.54) is 0 Å². The number of hydrogen-bond acceptors (Lipinski definition) is 5. The molecule has 5 N–H and O–H groups in total. The zero-order chi connectivity index (χ0) is 18.0. The molecule has 1 aliphatic rings. The van der Waals surface area contributed by atoms with Crippen LogP contribution in [0.1, 0.15) is 18.2 Å². The van der Waals surface area contributed by atoms with Gasteiger partial charge in [0.2, 0.25) is 5.90 Å². The third-order valence-corrected chi connectivity index (χ3v) is 3.89. The molecule has 0 fully saturated rings. The van der Waals surface area contributed by atoms with Gasteiger partial charge in [-0.25, -0.2) is 5.43 Å². The van der Waals surface area contributed by atoms with Gasteiger partial charge in [0.25, 0.3) is 5.91 Å². The lowest BCUT2D eigenvalue weighted by atomic mass is 10.0. The Morgan fingerprint density at radius 3 is 2.92 bits per heavy atom. The number of H-pyrrole nitrogens is 1. The lowest BCUT2D eigenvalue weighted by Gasteiger charge is -2.07. The number of fused-ring (bicyclic) bond motifs is 1. The highest BCUT2D eigenvalue weighted by Gasteiger charge is 2.26. The van der Waals surface area contributed by atoms with Crippen molar-refractivity contribution in [3.8, 4) is 0 Å². The molecule has 0 spiro atoms. The molecular weight excluding hydrogens is 324 g/mol. The highest BCUT2D eigenvalue weighted by molar-refractivity contribution is 6.24. The second-order valence-electron chi connectivity index (χ2n) is 5.56. The Balaban J connectivity index is 2.09. The first kappa shape index (κ1) is 16.7. The predicted molar refractivity (Wildman–Crippen MR) is 92.8 cm³/mol. The molecule has 1 aromatic carbocycles. The van der Waals surface area contributed by atoms with E-state index in [1.54, 1.807) is 13.0 Å². The van der Waals surface area contributed by atoms with E-state index < -0.39 is 12.0 Å². The van der Waals surface area contributed by atoms with Crippen molar-refractivity contribution in [3.05, 3.63) is 41.1 Å². The predicted octanol–water partition coefficient (Wildman–Crippen LogP) is 0.985. The molecule has 130 valence electrons. The van der Waals surface area contributed by atoms with Gasteiger partial charge in [0, 0.05) is 23.0 Å². The first-order chi connectivity index (χ1) is 12.0. The van der Waals surface area contributed by atoms with Gasteiger partial charge >= 0.3 is 5.97 Å². The number of carbonyl (C=O) groups excluding carboxylic acids is 1. The van der Waals surface area contributed by atoms with Crippen LogP contribution in [0.3, 0.4) is 0 Å². The maximum absolute atomic E-state index is 12.0. The molecule has 8 heteroatoms. The van der Waals surface area contributed by atoms with Crippen molar-refractivity contribution in [1.29, 1.82) is 0 Å². The van der Waals surface area contributed by atoms with Gasteiger partial charge in [-0.15, -0.1) is 5.10 Å². The van der Waals surface area contributed by atoms with Gasteiger partial charge in [-0.1, -0.05) is 18.2 Å². The van der Waals surface area contributed by atoms with E-state index in [1.807, 2.05) is 24.3 Å². The summed E-state index contributed by atoms with van der Waals surface area (Å²) in [4.78, 5) is 26.4. The standard InChI is InChI=1S/C17H18N4O4/c1-2-25-16-11(15(22)20-21-16)8-14-10(7-12(18)17(23)24)9-5-3-4-6-13(9)19-14/h3-6,8,12,19H,2,7,18H2,1H3,(H,20,22)(H,23,24)/b11-8+. The van der Waals surface area contributed by atoms with Gasteiger partial charge in [-0.2, -0.15) is 0 Å². The topological polar surface area (TPSA) is 130 Å². The van der Waals surface area contributed by atoms with Crippen molar-refractivity contribution >= 4 is 34.8 Å². The minimum atomic E-state index is -1.08. The summed E-state index contributed by atoms with van der Waals surface area (Å²) in [5, 5.41) is 13.8. The zero-order valence-electron chi connectivity index (χ0n) is 13.6. The number of carbonyl (C=O) groups is 2. The fourth-order valence-corrected chi connectivity index (χ4v) is 2.71. The molecule has 8 nitrogen and oxygen atoms in total. The van der Waals surface area contributed by atoms with E-state index in [0.717, 1.165) is 16.5 Å². The monoisotopic (exact) mass is 342 g/mol. The second-order valence-corrected chi connectivity index (χ2v) is 5.56. The van der Waals surface area contributed by atoms with Crippen molar-refractivity contribution in [3.63, 3.8) is 0 Å². The van der Waals surface area contributed by atoms with Crippen LogP contribution in [0.25, 0.3) is 17.0 Å². The fourth-order valence-electron chi connectivity index (χ4n) is 2.71. The van der Waals surface area contributed by atoms with Crippen molar-refractivity contribution in [2.75, 3.05) is 6.61 Å². The van der Waals surface area contributed by atoms with Crippen LogP contribution < -0.4 is 11.2 Å². The third-order valence-electron chi connectivity index (χ3n) is 3.89. The molecule has 0 bridgehead atoms. The minimum Gasteiger partial charge on any atom is -0.480 e. The molecule has 2 heterocycles. The van der Waals surface area contributed by atoms with Crippen LogP contribution in [0.2, 0.25) is 0 Å². The first-order valence-corrected chi connectivity index (χ1v) is 7.82. The molecule has 1 aliphatic heterocycles. The van der Waals surface area contributed by atoms with Crippen molar-refractivity contribution in [1.82, 2.24) is 10.4 Å². The molecule has 3 rings (SSSR count). The molecule has 0 radical (unpaired) electrons. The number of para-hydroxylation sites is 1. The molecule has 1 unspecified atom stereocenters. The zero-order valence-corrected chi connectivity index (χ0v) is 13.6. The summed E-state index contributed by atoms with van der Waals surface area (Å²) in [6, 6.07) is 6.43. The summed E-state index contributed by atoms with van der Waals surface area (Å²) < 4.78 is 5.36.